The average Bonchev–Trinajstić information content (AvgIpc) is 2.27. The molecule has 0 radical (unpaired) electrons. The molecule has 0 unspecified atom stereocenters. The quantitative estimate of drug-likeness (QED) is 0.655. The minimum Gasteiger partial charge on any atom is -0.131 e. The summed E-state index contributed by atoms with van der Waals surface area (Å²) in [7, 11) is 0. The highest BCUT2D eigenvalue weighted by Gasteiger charge is 2.27. The number of nitrogens with zero attached hydrogens (tertiary/aromatic N) is 2. The molecule has 0 atom stereocenters. The molecule has 0 fully saturated rings. The van der Waals surface area contributed by atoms with E-state index in [-0.39, 0.29) is 4.75 Å². The molecule has 15 heavy (non-hydrogen) atoms. The first-order valence-corrected chi connectivity index (χ1v) is 6.97. The lowest BCUT2D eigenvalue weighted by molar-refractivity contribution is 0.339. The van der Waals surface area contributed by atoms with E-state index < -0.39 is 0 Å². The van der Waals surface area contributed by atoms with Crippen molar-refractivity contribution in [3.8, 4) is 0 Å². The van der Waals surface area contributed by atoms with E-state index >= 15 is 0 Å². The third-order valence-electron chi connectivity index (χ3n) is 1.72. The monoisotopic (exact) mass is 262 g/mol. The van der Waals surface area contributed by atoms with Gasteiger partial charge in [0, 0.05) is 4.75 Å². The Kier molecular flexibility index (Phi) is 4.12. The molecule has 86 valence electrons. The molecule has 0 aromatic carbocycles. The summed E-state index contributed by atoms with van der Waals surface area (Å²) >= 11 is 7.51. The maximum Gasteiger partial charge on any atom is 0.175 e. The van der Waals surface area contributed by atoms with Crippen molar-refractivity contribution in [1.82, 2.24) is 10.2 Å². The van der Waals surface area contributed by atoms with Crippen molar-refractivity contribution in [1.29, 1.82) is 0 Å². The van der Waals surface area contributed by atoms with E-state index in [4.69, 9.17) is 0 Å². The molecule has 0 bridgehead atoms. The zero-order chi connectivity index (χ0) is 11.7. The first kappa shape index (κ1) is 13.3. The van der Waals surface area contributed by atoms with E-state index in [0.29, 0.717) is 5.41 Å². The number of thiol groups is 1. The van der Waals surface area contributed by atoms with Crippen LogP contribution in [0.15, 0.2) is 8.68 Å². The van der Waals surface area contributed by atoms with Gasteiger partial charge in [-0.1, -0.05) is 57.7 Å². The van der Waals surface area contributed by atoms with Crippen LogP contribution in [-0.2, 0) is 0 Å². The Morgan fingerprint density at radius 1 is 1.20 bits per heavy atom. The smallest absolute Gasteiger partial charge is 0.131 e. The van der Waals surface area contributed by atoms with Crippen LogP contribution in [0.5, 0.6) is 0 Å². The van der Waals surface area contributed by atoms with E-state index in [9.17, 15) is 0 Å². The van der Waals surface area contributed by atoms with Gasteiger partial charge in [-0.15, -0.1) is 22.8 Å². The summed E-state index contributed by atoms with van der Waals surface area (Å²) in [6.45, 7) is 11.3. The van der Waals surface area contributed by atoms with Gasteiger partial charge in [0.2, 0.25) is 0 Å². The first-order valence-electron chi connectivity index (χ1n) is 4.89. The fraction of sp³-hybridized carbons (Fsp3) is 0.800. The van der Waals surface area contributed by atoms with Crippen LogP contribution in [0, 0.1) is 5.41 Å². The standard InChI is InChI=1S/C10H18N2S3/c1-9(2,3)6-10(4,5)15-8-12-11-7(13)14-8/h6H2,1-5H3,(H,11,13). The fourth-order valence-corrected chi connectivity index (χ4v) is 4.74. The lowest BCUT2D eigenvalue weighted by Crippen LogP contribution is -2.23. The Morgan fingerprint density at radius 3 is 2.20 bits per heavy atom. The van der Waals surface area contributed by atoms with Crippen molar-refractivity contribution in [2.75, 3.05) is 0 Å². The Bertz CT molecular complexity index is 326. The van der Waals surface area contributed by atoms with Gasteiger partial charge in [0.15, 0.2) is 8.68 Å². The Balaban J connectivity index is 2.64. The zero-order valence-corrected chi connectivity index (χ0v) is 12.4. The van der Waals surface area contributed by atoms with Gasteiger partial charge in [-0.05, 0) is 11.8 Å². The van der Waals surface area contributed by atoms with Crippen LogP contribution in [0.3, 0.4) is 0 Å². The van der Waals surface area contributed by atoms with Gasteiger partial charge in [-0.25, -0.2) is 0 Å². The summed E-state index contributed by atoms with van der Waals surface area (Å²) in [4.78, 5) is 0. The molecule has 0 aliphatic carbocycles. The molecule has 5 heteroatoms. The third-order valence-corrected chi connectivity index (χ3v) is 4.05. The second kappa shape index (κ2) is 4.63. The summed E-state index contributed by atoms with van der Waals surface area (Å²) in [5.74, 6) is 0. The maximum absolute atomic E-state index is 4.17. The number of thioether (sulfide) groups is 1. The largest absolute Gasteiger partial charge is 0.175 e. The van der Waals surface area contributed by atoms with Crippen LogP contribution in [0.1, 0.15) is 41.0 Å². The Hall–Kier alpha value is 0.260. The molecule has 0 spiro atoms. The highest BCUT2D eigenvalue weighted by molar-refractivity contribution is 8.02. The van der Waals surface area contributed by atoms with Crippen LogP contribution < -0.4 is 0 Å². The molecule has 1 aromatic rings. The predicted molar refractivity (Wildman–Crippen MR) is 71.2 cm³/mol. The Labute approximate surface area is 106 Å². The summed E-state index contributed by atoms with van der Waals surface area (Å²) in [6, 6.07) is 0. The van der Waals surface area contributed by atoms with Crippen molar-refractivity contribution < 1.29 is 0 Å². The van der Waals surface area contributed by atoms with Crippen molar-refractivity contribution in [2.45, 2.75) is 54.5 Å². The van der Waals surface area contributed by atoms with Gasteiger partial charge in [-0.2, -0.15) is 0 Å². The molecular formula is C10H18N2S3. The SMILES string of the molecule is CC(C)(C)CC(C)(C)Sc1nnc(S)s1. The molecule has 0 saturated heterocycles. The summed E-state index contributed by atoms with van der Waals surface area (Å²) in [5.41, 5.74) is 0.338. The van der Waals surface area contributed by atoms with E-state index in [1.807, 2.05) is 0 Å². The fourth-order valence-electron chi connectivity index (χ4n) is 1.79. The van der Waals surface area contributed by atoms with Gasteiger partial charge in [0.25, 0.3) is 0 Å². The molecule has 1 heterocycles. The van der Waals surface area contributed by atoms with Crippen LogP contribution in [0.25, 0.3) is 0 Å². The number of rotatable bonds is 3. The number of hydrogen-bond donors (Lipinski definition) is 1. The van der Waals surface area contributed by atoms with Gasteiger partial charge < -0.3 is 0 Å². The third kappa shape index (κ3) is 5.22. The molecular weight excluding hydrogens is 244 g/mol. The van der Waals surface area contributed by atoms with E-state index in [1.54, 1.807) is 23.1 Å². The number of hydrogen-bond acceptors (Lipinski definition) is 5. The van der Waals surface area contributed by atoms with Crippen molar-refractivity contribution in [2.24, 2.45) is 5.41 Å². The highest BCUT2D eigenvalue weighted by Crippen LogP contribution is 2.41. The summed E-state index contributed by atoms with van der Waals surface area (Å²) in [5, 5.41) is 8.00. The maximum atomic E-state index is 4.17. The van der Waals surface area contributed by atoms with Gasteiger partial charge in [-0.3, -0.25) is 0 Å². The molecule has 0 aliphatic heterocycles. The average molecular weight is 262 g/mol. The van der Waals surface area contributed by atoms with E-state index in [0.717, 1.165) is 15.1 Å². The van der Waals surface area contributed by atoms with Gasteiger partial charge >= 0.3 is 0 Å². The molecule has 0 N–H and O–H groups in total. The van der Waals surface area contributed by atoms with Gasteiger partial charge in [0.1, 0.15) is 0 Å². The van der Waals surface area contributed by atoms with Gasteiger partial charge in [0.05, 0.1) is 0 Å². The number of aromatic nitrogens is 2. The predicted octanol–water partition coefficient (Wildman–Crippen LogP) is 4.13. The van der Waals surface area contributed by atoms with E-state index in [1.165, 1.54) is 0 Å². The van der Waals surface area contributed by atoms with Crippen molar-refractivity contribution in [3.05, 3.63) is 0 Å². The second-order valence-corrected chi connectivity index (χ2v) is 9.11. The van der Waals surface area contributed by atoms with Crippen LogP contribution >= 0.6 is 35.7 Å². The lowest BCUT2D eigenvalue weighted by Gasteiger charge is -2.30. The minimum absolute atomic E-state index is 0.192. The molecule has 0 amide bonds. The zero-order valence-electron chi connectivity index (χ0n) is 9.87. The Morgan fingerprint density at radius 2 is 1.80 bits per heavy atom. The normalized spacial score (nSPS) is 13.2. The minimum atomic E-state index is 0.192. The molecule has 0 saturated carbocycles. The molecule has 1 aromatic heterocycles. The molecule has 0 aliphatic rings. The topological polar surface area (TPSA) is 25.8 Å². The van der Waals surface area contributed by atoms with Crippen LogP contribution in [-0.4, -0.2) is 14.9 Å². The van der Waals surface area contributed by atoms with Crippen LogP contribution in [0.4, 0.5) is 0 Å². The highest BCUT2D eigenvalue weighted by atomic mass is 32.2. The van der Waals surface area contributed by atoms with Crippen molar-refractivity contribution >= 4 is 35.7 Å². The molecule has 2 nitrogen and oxygen atoms in total. The second-order valence-electron chi connectivity index (χ2n) is 5.45. The first-order chi connectivity index (χ1) is 6.68. The summed E-state index contributed by atoms with van der Waals surface area (Å²) < 4.78 is 1.94. The summed E-state index contributed by atoms with van der Waals surface area (Å²) in [6.07, 6.45) is 1.14. The van der Waals surface area contributed by atoms with Crippen molar-refractivity contribution in [3.63, 3.8) is 0 Å². The lowest BCUT2D eigenvalue weighted by atomic mass is 9.86. The molecule has 1 rings (SSSR count). The van der Waals surface area contributed by atoms with E-state index in [2.05, 4.69) is 57.4 Å². The van der Waals surface area contributed by atoms with Crippen LogP contribution in [0.2, 0.25) is 0 Å².